The molecule has 3 rings (SSSR count). The fourth-order valence-corrected chi connectivity index (χ4v) is 3.65. The van der Waals surface area contributed by atoms with Crippen molar-refractivity contribution in [3.8, 4) is 0 Å². The molecule has 0 aromatic heterocycles. The first-order chi connectivity index (χ1) is 12.0. The molecular weight excluding hydrogens is 308 g/mol. The van der Waals surface area contributed by atoms with Crippen LogP contribution in [0.15, 0.2) is 48.5 Å². The molecule has 0 spiro atoms. The van der Waals surface area contributed by atoms with Gasteiger partial charge in [-0.25, -0.2) is 0 Å². The summed E-state index contributed by atoms with van der Waals surface area (Å²) in [7, 11) is 0. The van der Waals surface area contributed by atoms with Gasteiger partial charge >= 0.3 is 0 Å². The summed E-state index contributed by atoms with van der Waals surface area (Å²) in [5, 5.41) is 3.12. The number of carbonyl (C=O) groups is 1. The summed E-state index contributed by atoms with van der Waals surface area (Å²) in [6.07, 6.45) is 3.30. The van der Waals surface area contributed by atoms with Crippen molar-refractivity contribution in [2.24, 2.45) is 0 Å². The first kappa shape index (κ1) is 17.4. The van der Waals surface area contributed by atoms with E-state index in [-0.39, 0.29) is 5.91 Å². The molecule has 130 valence electrons. The van der Waals surface area contributed by atoms with Crippen LogP contribution in [-0.2, 0) is 4.79 Å². The van der Waals surface area contributed by atoms with Gasteiger partial charge in [-0.1, -0.05) is 48.0 Å². The van der Waals surface area contributed by atoms with Crippen LogP contribution in [-0.4, -0.2) is 25.5 Å². The molecule has 3 nitrogen and oxygen atoms in total. The highest BCUT2D eigenvalue weighted by Gasteiger charge is 2.19. The lowest BCUT2D eigenvalue weighted by atomic mass is 9.99. The van der Waals surface area contributed by atoms with Crippen molar-refractivity contribution in [3.63, 3.8) is 0 Å². The second-order valence-corrected chi connectivity index (χ2v) is 7.05. The lowest BCUT2D eigenvalue weighted by Gasteiger charge is -2.23. The lowest BCUT2D eigenvalue weighted by Crippen LogP contribution is -3.13. The minimum Gasteiger partial charge on any atom is -0.324 e. The molecule has 1 unspecified atom stereocenters. The Hall–Kier alpha value is -2.39. The second-order valence-electron chi connectivity index (χ2n) is 7.05. The quantitative estimate of drug-likeness (QED) is 0.885. The van der Waals surface area contributed by atoms with Crippen LogP contribution in [0, 0.1) is 20.8 Å². The SMILES string of the molecule is Cc1cc(C)c(NC(=O)C[NH+]2CC=C(c3ccccc3)CC2)c(C)c1. The van der Waals surface area contributed by atoms with Crippen LogP contribution in [0.4, 0.5) is 5.69 Å². The van der Waals surface area contributed by atoms with E-state index in [1.807, 2.05) is 6.07 Å². The van der Waals surface area contributed by atoms with Crippen LogP contribution in [0.3, 0.4) is 0 Å². The molecule has 3 heteroatoms. The van der Waals surface area contributed by atoms with E-state index in [9.17, 15) is 4.79 Å². The average molecular weight is 335 g/mol. The maximum atomic E-state index is 12.5. The highest BCUT2D eigenvalue weighted by molar-refractivity contribution is 5.93. The Morgan fingerprint density at radius 2 is 1.76 bits per heavy atom. The smallest absolute Gasteiger partial charge is 0.279 e. The van der Waals surface area contributed by atoms with Gasteiger partial charge in [-0.2, -0.15) is 0 Å². The number of hydrogen-bond acceptors (Lipinski definition) is 1. The average Bonchev–Trinajstić information content (AvgIpc) is 2.59. The van der Waals surface area contributed by atoms with Gasteiger partial charge in [0.05, 0.1) is 13.1 Å². The molecule has 1 amide bonds. The van der Waals surface area contributed by atoms with E-state index in [1.54, 1.807) is 0 Å². The summed E-state index contributed by atoms with van der Waals surface area (Å²) in [6.45, 7) is 8.62. The van der Waals surface area contributed by atoms with Crippen molar-refractivity contribution in [3.05, 3.63) is 70.8 Å². The predicted molar refractivity (Wildman–Crippen MR) is 104 cm³/mol. The third-order valence-electron chi connectivity index (χ3n) is 4.88. The molecule has 0 bridgehead atoms. The van der Waals surface area contributed by atoms with Crippen LogP contribution < -0.4 is 10.2 Å². The molecule has 1 aliphatic rings. The van der Waals surface area contributed by atoms with E-state index in [4.69, 9.17) is 0 Å². The molecule has 0 aliphatic carbocycles. The molecule has 0 saturated heterocycles. The molecule has 1 aliphatic heterocycles. The number of anilines is 1. The molecule has 0 saturated carbocycles. The molecule has 2 aromatic carbocycles. The first-order valence-electron chi connectivity index (χ1n) is 8.98. The minimum atomic E-state index is 0.0987. The van der Waals surface area contributed by atoms with Crippen LogP contribution in [0.1, 0.15) is 28.7 Å². The Balaban J connectivity index is 1.59. The normalized spacial score (nSPS) is 17.1. The lowest BCUT2D eigenvalue weighted by molar-refractivity contribution is -0.886. The number of aryl methyl sites for hydroxylation is 3. The second kappa shape index (κ2) is 7.66. The molecule has 1 atom stereocenters. The number of carbonyl (C=O) groups excluding carboxylic acids is 1. The summed E-state index contributed by atoms with van der Waals surface area (Å²) in [4.78, 5) is 13.8. The Kier molecular flexibility index (Phi) is 5.34. The number of rotatable bonds is 4. The van der Waals surface area contributed by atoms with Gasteiger partial charge in [-0.15, -0.1) is 0 Å². The van der Waals surface area contributed by atoms with Gasteiger partial charge in [-0.3, -0.25) is 4.79 Å². The van der Waals surface area contributed by atoms with E-state index in [2.05, 4.69) is 68.6 Å². The summed E-state index contributed by atoms with van der Waals surface area (Å²) in [5.41, 5.74) is 7.16. The molecule has 2 N–H and O–H groups in total. The van der Waals surface area contributed by atoms with E-state index < -0.39 is 0 Å². The largest absolute Gasteiger partial charge is 0.324 e. The summed E-state index contributed by atoms with van der Waals surface area (Å²) in [5.74, 6) is 0.0987. The molecule has 25 heavy (non-hydrogen) atoms. The maximum Gasteiger partial charge on any atom is 0.279 e. The van der Waals surface area contributed by atoms with Gasteiger partial charge in [0.25, 0.3) is 5.91 Å². The van der Waals surface area contributed by atoms with Crippen molar-refractivity contribution >= 4 is 17.2 Å². The van der Waals surface area contributed by atoms with Crippen LogP contribution in [0.2, 0.25) is 0 Å². The van der Waals surface area contributed by atoms with E-state index in [0.29, 0.717) is 6.54 Å². The molecule has 0 fully saturated rings. The zero-order valence-corrected chi connectivity index (χ0v) is 15.4. The van der Waals surface area contributed by atoms with Gasteiger partial charge in [0, 0.05) is 12.1 Å². The molecule has 1 heterocycles. The highest BCUT2D eigenvalue weighted by Crippen LogP contribution is 2.21. The molecule has 2 aromatic rings. The number of benzene rings is 2. The van der Waals surface area contributed by atoms with Crippen molar-refractivity contribution in [2.45, 2.75) is 27.2 Å². The standard InChI is InChI=1S/C22H26N2O/c1-16-13-17(2)22(18(3)14-16)23-21(25)15-24-11-9-20(10-12-24)19-7-5-4-6-8-19/h4-9,13-14H,10-12,15H2,1-3H3,(H,23,25)/p+1. The zero-order valence-electron chi connectivity index (χ0n) is 15.4. The first-order valence-corrected chi connectivity index (χ1v) is 8.98. The van der Waals surface area contributed by atoms with Gasteiger partial charge < -0.3 is 10.2 Å². The van der Waals surface area contributed by atoms with Gasteiger partial charge in [0.1, 0.15) is 0 Å². The third-order valence-corrected chi connectivity index (χ3v) is 4.88. The fourth-order valence-electron chi connectivity index (χ4n) is 3.65. The van der Waals surface area contributed by atoms with E-state index in [0.717, 1.165) is 36.3 Å². The summed E-state index contributed by atoms with van der Waals surface area (Å²) >= 11 is 0. The number of quaternary nitrogens is 1. The predicted octanol–water partition coefficient (Wildman–Crippen LogP) is 2.92. The number of nitrogens with one attached hydrogen (secondary N) is 2. The van der Waals surface area contributed by atoms with Gasteiger partial charge in [-0.05, 0) is 49.1 Å². The Labute approximate surface area is 150 Å². The maximum absolute atomic E-state index is 12.5. The Morgan fingerprint density at radius 3 is 2.36 bits per heavy atom. The van der Waals surface area contributed by atoms with Crippen molar-refractivity contribution in [2.75, 3.05) is 25.0 Å². The minimum absolute atomic E-state index is 0.0987. The van der Waals surface area contributed by atoms with Gasteiger partial charge in [0.2, 0.25) is 0 Å². The summed E-state index contributed by atoms with van der Waals surface area (Å²) in [6, 6.07) is 14.8. The van der Waals surface area contributed by atoms with Crippen LogP contribution in [0.25, 0.3) is 5.57 Å². The summed E-state index contributed by atoms with van der Waals surface area (Å²) < 4.78 is 0. The Bertz CT molecular complexity index is 770. The van der Waals surface area contributed by atoms with Crippen LogP contribution in [0.5, 0.6) is 0 Å². The van der Waals surface area contributed by atoms with Gasteiger partial charge in [0.15, 0.2) is 6.54 Å². The Morgan fingerprint density at radius 1 is 1.08 bits per heavy atom. The monoisotopic (exact) mass is 335 g/mol. The number of amides is 1. The molecular formula is C22H27N2O+. The highest BCUT2D eigenvalue weighted by atomic mass is 16.2. The van der Waals surface area contributed by atoms with Crippen molar-refractivity contribution < 1.29 is 9.69 Å². The van der Waals surface area contributed by atoms with Crippen molar-refractivity contribution in [1.29, 1.82) is 0 Å². The topological polar surface area (TPSA) is 33.5 Å². The molecule has 0 radical (unpaired) electrons. The zero-order chi connectivity index (χ0) is 17.8. The van der Waals surface area contributed by atoms with E-state index >= 15 is 0 Å². The fraction of sp³-hybridized carbons (Fsp3) is 0.318. The third kappa shape index (κ3) is 4.37. The number of hydrogen-bond donors (Lipinski definition) is 2. The van der Waals surface area contributed by atoms with E-state index in [1.165, 1.54) is 21.6 Å². The van der Waals surface area contributed by atoms with Crippen molar-refractivity contribution in [1.82, 2.24) is 0 Å². The van der Waals surface area contributed by atoms with Crippen LogP contribution >= 0.6 is 0 Å².